The number of nitrogens with two attached hydrogens (primary N) is 1. The first-order valence-corrected chi connectivity index (χ1v) is 4.40. The van der Waals surface area contributed by atoms with Crippen LogP contribution in [0.4, 0.5) is 0 Å². The first kappa shape index (κ1) is 10.8. The maximum Gasteiger partial charge on any atom is 0.373 e. The molecule has 0 amide bonds. The first-order valence-electron chi connectivity index (χ1n) is 2.85. The molecule has 0 rings (SSSR count). The van der Waals surface area contributed by atoms with Gasteiger partial charge in [0.15, 0.2) is 0 Å². The summed E-state index contributed by atoms with van der Waals surface area (Å²) in [5.74, 6) is -1.28. The highest BCUT2D eigenvalue weighted by Gasteiger charge is 2.25. The van der Waals surface area contributed by atoms with E-state index in [0.29, 0.717) is 0 Å². The molecule has 3 N–H and O–H groups in total. The Labute approximate surface area is 68.9 Å². The van der Waals surface area contributed by atoms with Gasteiger partial charge in [0.25, 0.3) is 15.1 Å². The minimum absolute atomic E-state index is 0.0344. The number of sulfonamides is 1. The lowest BCUT2D eigenvalue weighted by atomic mass is 10.7. The smallest absolute Gasteiger partial charge is 0.373 e. The largest absolute Gasteiger partial charge is 0.461 e. The van der Waals surface area contributed by atoms with Gasteiger partial charge >= 0.3 is 5.97 Å². The van der Waals surface area contributed by atoms with Crippen LogP contribution < -0.4 is 5.14 Å². The third-order valence-corrected chi connectivity index (χ3v) is 1.60. The molecule has 0 spiro atoms. The molecule has 0 bridgehead atoms. The summed E-state index contributed by atoms with van der Waals surface area (Å²) < 4.78 is 25.2. The molecule has 70 valence electrons. The maximum absolute atomic E-state index is 10.6. The van der Waals surface area contributed by atoms with Crippen molar-refractivity contribution in [3.05, 3.63) is 0 Å². The van der Waals surface area contributed by atoms with Gasteiger partial charge in [0.05, 0.1) is 6.61 Å². The standard InChI is InChI=1S/C4H8N2O5S/c1-2-11-4(7)3(6-8)12(5,9)10/h8H,2H2,1H3,(H2,5,9,10). The lowest BCUT2D eigenvalue weighted by Gasteiger charge is -1.99. The molecular weight excluding hydrogens is 188 g/mol. The molecule has 0 fully saturated rings. The minimum atomic E-state index is -4.31. The lowest BCUT2D eigenvalue weighted by molar-refractivity contribution is -0.134. The number of carbonyl (C=O) groups is 1. The number of ether oxygens (including phenoxy) is 1. The highest BCUT2D eigenvalue weighted by molar-refractivity contribution is 8.06. The predicted molar refractivity (Wildman–Crippen MR) is 39.0 cm³/mol. The highest BCUT2D eigenvalue weighted by Crippen LogP contribution is 1.90. The second-order valence-corrected chi connectivity index (χ2v) is 3.15. The van der Waals surface area contributed by atoms with Gasteiger partial charge in [-0.3, -0.25) is 0 Å². The number of nitrogens with zero attached hydrogens (tertiary/aromatic N) is 1. The topological polar surface area (TPSA) is 119 Å². The van der Waals surface area contributed by atoms with E-state index in [1.807, 2.05) is 0 Å². The van der Waals surface area contributed by atoms with Gasteiger partial charge < -0.3 is 9.94 Å². The van der Waals surface area contributed by atoms with Crippen LogP contribution >= 0.6 is 0 Å². The molecule has 0 aliphatic heterocycles. The van der Waals surface area contributed by atoms with Crippen molar-refractivity contribution < 1.29 is 23.2 Å². The zero-order valence-corrected chi connectivity index (χ0v) is 7.04. The van der Waals surface area contributed by atoms with Crippen LogP contribution in [-0.2, 0) is 19.6 Å². The molecule has 0 unspecified atom stereocenters. The Hall–Kier alpha value is -1.15. The zero-order valence-electron chi connectivity index (χ0n) is 6.22. The molecule has 0 radical (unpaired) electrons. The molecule has 0 aliphatic rings. The van der Waals surface area contributed by atoms with Crippen molar-refractivity contribution >= 4 is 21.0 Å². The van der Waals surface area contributed by atoms with Crippen molar-refractivity contribution in [1.29, 1.82) is 0 Å². The average molecular weight is 196 g/mol. The van der Waals surface area contributed by atoms with E-state index in [1.54, 1.807) is 0 Å². The summed E-state index contributed by atoms with van der Waals surface area (Å²) >= 11 is 0. The molecule has 7 nitrogen and oxygen atoms in total. The fraction of sp³-hybridized carbons (Fsp3) is 0.500. The average Bonchev–Trinajstić information content (AvgIpc) is 1.85. The number of carbonyl (C=O) groups excluding carboxylic acids is 1. The number of hydrogen-bond donors (Lipinski definition) is 2. The third-order valence-electron chi connectivity index (χ3n) is 0.810. The molecule has 0 aromatic rings. The lowest BCUT2D eigenvalue weighted by Crippen LogP contribution is -2.32. The van der Waals surface area contributed by atoms with Gasteiger partial charge in [0.2, 0.25) is 0 Å². The number of oxime groups is 1. The van der Waals surface area contributed by atoms with Crippen molar-refractivity contribution in [2.45, 2.75) is 6.92 Å². The van der Waals surface area contributed by atoms with Gasteiger partial charge in [-0.25, -0.2) is 18.4 Å². The van der Waals surface area contributed by atoms with Crippen LogP contribution in [0.3, 0.4) is 0 Å². The van der Waals surface area contributed by atoms with E-state index in [4.69, 9.17) is 5.21 Å². The van der Waals surface area contributed by atoms with Crippen LogP contribution in [0.2, 0.25) is 0 Å². The van der Waals surface area contributed by atoms with Crippen molar-refractivity contribution in [2.24, 2.45) is 10.3 Å². The molecular formula is C4H8N2O5S. The number of rotatable bonds is 1. The molecule has 0 aliphatic carbocycles. The predicted octanol–water partition coefficient (Wildman–Crippen LogP) is -1.37. The quantitative estimate of drug-likeness (QED) is 0.176. The normalized spacial score (nSPS) is 12.7. The fourth-order valence-corrected chi connectivity index (χ4v) is 0.812. The molecule has 8 heteroatoms. The van der Waals surface area contributed by atoms with Crippen LogP contribution in [0.25, 0.3) is 0 Å². The van der Waals surface area contributed by atoms with Gasteiger partial charge in [0, 0.05) is 0 Å². The van der Waals surface area contributed by atoms with E-state index >= 15 is 0 Å². The van der Waals surface area contributed by atoms with E-state index in [1.165, 1.54) is 6.92 Å². The van der Waals surface area contributed by atoms with Crippen LogP contribution in [0.15, 0.2) is 5.16 Å². The highest BCUT2D eigenvalue weighted by atomic mass is 32.2. The summed E-state index contributed by atoms with van der Waals surface area (Å²) in [7, 11) is -4.31. The molecule has 0 aromatic heterocycles. The molecule has 0 saturated heterocycles. The number of primary sulfonamides is 1. The minimum Gasteiger partial charge on any atom is -0.461 e. The van der Waals surface area contributed by atoms with E-state index in [2.05, 4.69) is 15.0 Å². The first-order chi connectivity index (χ1) is 5.43. The van der Waals surface area contributed by atoms with Crippen molar-refractivity contribution in [2.75, 3.05) is 6.61 Å². The summed E-state index contributed by atoms with van der Waals surface area (Å²) in [6.07, 6.45) is 0. The Morgan fingerprint density at radius 1 is 1.67 bits per heavy atom. The summed E-state index contributed by atoms with van der Waals surface area (Å²) in [5.41, 5.74) is 0. The molecule has 0 atom stereocenters. The Balaban J connectivity index is 4.74. The van der Waals surface area contributed by atoms with Gasteiger partial charge in [0.1, 0.15) is 0 Å². The van der Waals surface area contributed by atoms with E-state index < -0.39 is 21.0 Å². The molecule has 0 aromatic carbocycles. The van der Waals surface area contributed by atoms with Crippen LogP contribution in [0.5, 0.6) is 0 Å². The van der Waals surface area contributed by atoms with E-state index in [-0.39, 0.29) is 6.61 Å². The molecule has 0 heterocycles. The van der Waals surface area contributed by atoms with Crippen molar-refractivity contribution in [3.63, 3.8) is 0 Å². The SMILES string of the molecule is CCOC(=O)C(=NO)S(N)(=O)=O. The third kappa shape index (κ3) is 2.84. The van der Waals surface area contributed by atoms with E-state index in [9.17, 15) is 13.2 Å². The maximum atomic E-state index is 10.6. The Kier molecular flexibility index (Phi) is 3.64. The Bertz CT molecular complexity index is 293. The summed E-state index contributed by atoms with van der Waals surface area (Å²) in [6, 6.07) is 0. The number of hydrogen-bond acceptors (Lipinski definition) is 6. The Morgan fingerprint density at radius 3 is 2.42 bits per heavy atom. The second kappa shape index (κ2) is 4.02. The second-order valence-electron chi connectivity index (χ2n) is 1.67. The van der Waals surface area contributed by atoms with Gasteiger partial charge in [-0.05, 0) is 6.92 Å². The Morgan fingerprint density at radius 2 is 2.17 bits per heavy atom. The van der Waals surface area contributed by atoms with Crippen LogP contribution in [-0.4, -0.2) is 31.2 Å². The summed E-state index contributed by atoms with van der Waals surface area (Å²) in [6.45, 7) is 1.43. The van der Waals surface area contributed by atoms with Gasteiger partial charge in [-0.15, -0.1) is 0 Å². The summed E-state index contributed by atoms with van der Waals surface area (Å²) in [5, 5.41) is 13.6. The van der Waals surface area contributed by atoms with Crippen LogP contribution in [0.1, 0.15) is 6.92 Å². The van der Waals surface area contributed by atoms with Gasteiger partial charge in [-0.2, -0.15) is 0 Å². The molecule has 12 heavy (non-hydrogen) atoms. The van der Waals surface area contributed by atoms with Gasteiger partial charge in [-0.1, -0.05) is 5.16 Å². The fourth-order valence-electron chi connectivity index (χ4n) is 0.407. The summed E-state index contributed by atoms with van der Waals surface area (Å²) in [4.78, 5) is 10.6. The molecule has 0 saturated carbocycles. The van der Waals surface area contributed by atoms with Crippen molar-refractivity contribution in [3.8, 4) is 0 Å². The van der Waals surface area contributed by atoms with Crippen molar-refractivity contribution in [1.82, 2.24) is 0 Å². The number of esters is 1. The zero-order chi connectivity index (χ0) is 9.78. The van der Waals surface area contributed by atoms with E-state index in [0.717, 1.165) is 0 Å². The van der Waals surface area contributed by atoms with Crippen LogP contribution in [0, 0.1) is 0 Å². The monoisotopic (exact) mass is 196 g/mol.